The van der Waals surface area contributed by atoms with E-state index in [9.17, 15) is 31.1 Å². The highest BCUT2D eigenvalue weighted by Crippen LogP contribution is 2.34. The van der Waals surface area contributed by atoms with E-state index in [0.717, 1.165) is 12.3 Å². The van der Waals surface area contributed by atoms with Gasteiger partial charge in [0.05, 0.1) is 26.7 Å². The van der Waals surface area contributed by atoms with Crippen molar-refractivity contribution in [1.82, 2.24) is 0 Å². The predicted molar refractivity (Wildman–Crippen MR) is 119 cm³/mol. The van der Waals surface area contributed by atoms with Crippen LogP contribution in [0.2, 0.25) is 0 Å². The first kappa shape index (κ1) is 24.0. The van der Waals surface area contributed by atoms with E-state index in [1.165, 1.54) is 30.3 Å². The number of rotatable bonds is 7. The minimum atomic E-state index is -4.28. The molecule has 1 aliphatic heterocycles. The number of aryl methyl sites for hydroxylation is 1. The summed E-state index contributed by atoms with van der Waals surface area (Å²) in [6, 6.07) is 7.85. The van der Waals surface area contributed by atoms with Crippen molar-refractivity contribution in [3.05, 3.63) is 47.5 Å². The molecule has 1 aliphatic rings. The summed E-state index contributed by atoms with van der Waals surface area (Å²) < 4.78 is 67.1. The molecule has 2 N–H and O–H groups in total. The summed E-state index contributed by atoms with van der Waals surface area (Å²) in [5, 5.41) is 9.27. The van der Waals surface area contributed by atoms with Crippen LogP contribution in [-0.2, 0) is 26.3 Å². The maximum atomic E-state index is 14.0. The zero-order chi connectivity index (χ0) is 23.7. The van der Waals surface area contributed by atoms with Crippen LogP contribution in [0.3, 0.4) is 0 Å². The SMILES string of the molecule is CCc1ccc(C(=O)O)cc1S(=O)(=O)Nc1cc(S(C)(=O)=O)ccc1N1CCCC(F)C1. The van der Waals surface area contributed by atoms with E-state index in [0.29, 0.717) is 37.1 Å². The molecule has 11 heteroatoms. The summed E-state index contributed by atoms with van der Waals surface area (Å²) in [7, 11) is -7.92. The van der Waals surface area contributed by atoms with Crippen LogP contribution in [0, 0.1) is 0 Å². The Bertz CT molecular complexity index is 1240. The van der Waals surface area contributed by atoms with Crippen LogP contribution in [0.4, 0.5) is 15.8 Å². The van der Waals surface area contributed by atoms with Crippen molar-refractivity contribution in [2.75, 3.05) is 29.0 Å². The molecule has 32 heavy (non-hydrogen) atoms. The number of sulfone groups is 1. The Morgan fingerprint density at radius 1 is 1.19 bits per heavy atom. The number of alkyl halides is 1. The third-order valence-electron chi connectivity index (χ3n) is 5.33. The van der Waals surface area contributed by atoms with Crippen molar-refractivity contribution in [2.24, 2.45) is 0 Å². The van der Waals surface area contributed by atoms with Crippen LogP contribution < -0.4 is 9.62 Å². The van der Waals surface area contributed by atoms with Gasteiger partial charge in [0.25, 0.3) is 10.0 Å². The molecule has 0 spiro atoms. The van der Waals surface area contributed by atoms with Gasteiger partial charge < -0.3 is 10.0 Å². The Kier molecular flexibility index (Phi) is 6.80. The van der Waals surface area contributed by atoms with Gasteiger partial charge in [0, 0.05) is 19.3 Å². The molecule has 1 atom stereocenters. The Hall–Kier alpha value is -2.66. The Balaban J connectivity index is 2.12. The standard InChI is InChI=1S/C21H25FN2O6S2/c1-3-14-6-7-15(21(25)26)11-20(14)32(29,30)23-18-12-17(31(2,27)28)8-9-19(18)24-10-4-5-16(22)13-24/h6-9,11-12,16,23H,3-5,10,13H2,1-2H3,(H,25,26). The second kappa shape index (κ2) is 9.07. The quantitative estimate of drug-likeness (QED) is 0.619. The number of halogens is 1. The molecule has 1 saturated heterocycles. The lowest BCUT2D eigenvalue weighted by Crippen LogP contribution is -2.37. The van der Waals surface area contributed by atoms with Gasteiger partial charge in [-0.05, 0) is 55.2 Å². The summed E-state index contributed by atoms with van der Waals surface area (Å²) >= 11 is 0. The summed E-state index contributed by atoms with van der Waals surface area (Å²) in [6.07, 6.45) is 1.23. The highest BCUT2D eigenvalue weighted by molar-refractivity contribution is 7.92. The van der Waals surface area contributed by atoms with Gasteiger partial charge in [-0.15, -0.1) is 0 Å². The third-order valence-corrected chi connectivity index (χ3v) is 7.89. The smallest absolute Gasteiger partial charge is 0.335 e. The first-order chi connectivity index (χ1) is 14.9. The van der Waals surface area contributed by atoms with Crippen LogP contribution in [0.15, 0.2) is 46.2 Å². The normalized spacial score (nSPS) is 17.2. The van der Waals surface area contributed by atoms with Gasteiger partial charge in [-0.1, -0.05) is 13.0 Å². The van der Waals surface area contributed by atoms with E-state index in [-0.39, 0.29) is 27.6 Å². The minimum absolute atomic E-state index is 0.00944. The van der Waals surface area contributed by atoms with E-state index in [1.807, 2.05) is 0 Å². The van der Waals surface area contributed by atoms with E-state index < -0.39 is 32.0 Å². The molecule has 0 aliphatic carbocycles. The van der Waals surface area contributed by atoms with Crippen molar-refractivity contribution in [3.8, 4) is 0 Å². The predicted octanol–water partition coefficient (Wildman–Crippen LogP) is 3.09. The number of nitrogens with zero attached hydrogens (tertiary/aromatic N) is 1. The highest BCUT2D eigenvalue weighted by Gasteiger charge is 2.26. The molecule has 0 amide bonds. The van der Waals surface area contributed by atoms with Gasteiger partial charge in [-0.2, -0.15) is 0 Å². The fourth-order valence-corrected chi connectivity index (χ4v) is 5.73. The Labute approximate surface area is 187 Å². The molecule has 8 nitrogen and oxygen atoms in total. The van der Waals surface area contributed by atoms with Crippen molar-refractivity contribution >= 4 is 37.2 Å². The number of piperidine rings is 1. The van der Waals surface area contributed by atoms with E-state index in [4.69, 9.17) is 0 Å². The lowest BCUT2D eigenvalue weighted by atomic mass is 10.1. The Morgan fingerprint density at radius 3 is 2.50 bits per heavy atom. The molecule has 0 saturated carbocycles. The summed E-state index contributed by atoms with van der Waals surface area (Å²) in [6.45, 7) is 2.28. The number of nitrogens with one attached hydrogen (secondary N) is 1. The average Bonchev–Trinajstić information content (AvgIpc) is 2.72. The van der Waals surface area contributed by atoms with E-state index in [1.54, 1.807) is 11.8 Å². The molecular formula is C21H25FN2O6S2. The number of benzene rings is 2. The van der Waals surface area contributed by atoms with Crippen LogP contribution in [0.5, 0.6) is 0 Å². The molecule has 0 radical (unpaired) electrons. The van der Waals surface area contributed by atoms with Crippen LogP contribution in [0.25, 0.3) is 0 Å². The van der Waals surface area contributed by atoms with Gasteiger partial charge in [-0.25, -0.2) is 26.0 Å². The number of hydrogen-bond acceptors (Lipinski definition) is 6. The molecule has 2 aromatic rings. The van der Waals surface area contributed by atoms with E-state index in [2.05, 4.69) is 4.72 Å². The largest absolute Gasteiger partial charge is 0.478 e. The summed E-state index contributed by atoms with van der Waals surface area (Å²) in [5.74, 6) is -1.27. The van der Waals surface area contributed by atoms with Gasteiger partial charge in [-0.3, -0.25) is 4.72 Å². The molecule has 1 unspecified atom stereocenters. The third kappa shape index (κ3) is 5.21. The molecule has 1 fully saturated rings. The molecular weight excluding hydrogens is 459 g/mol. The lowest BCUT2D eigenvalue weighted by Gasteiger charge is -2.32. The lowest BCUT2D eigenvalue weighted by molar-refractivity contribution is 0.0696. The first-order valence-electron chi connectivity index (χ1n) is 10.0. The monoisotopic (exact) mass is 484 g/mol. The summed E-state index contributed by atoms with van der Waals surface area (Å²) in [5.41, 5.74) is 0.565. The Morgan fingerprint density at radius 2 is 1.91 bits per heavy atom. The molecule has 2 aromatic carbocycles. The van der Waals surface area contributed by atoms with Crippen LogP contribution >= 0.6 is 0 Å². The zero-order valence-corrected chi connectivity index (χ0v) is 19.3. The first-order valence-corrected chi connectivity index (χ1v) is 13.4. The van der Waals surface area contributed by atoms with Crippen molar-refractivity contribution < 1.29 is 31.1 Å². The fraction of sp³-hybridized carbons (Fsp3) is 0.381. The number of anilines is 2. The highest BCUT2D eigenvalue weighted by atomic mass is 32.2. The number of aromatic carboxylic acids is 1. The number of carboxylic acids is 1. The molecule has 3 rings (SSSR count). The van der Waals surface area contributed by atoms with Gasteiger partial charge >= 0.3 is 5.97 Å². The van der Waals surface area contributed by atoms with Crippen LogP contribution in [0.1, 0.15) is 35.7 Å². The molecule has 0 bridgehead atoms. The van der Waals surface area contributed by atoms with Gasteiger partial charge in [0.2, 0.25) is 0 Å². The van der Waals surface area contributed by atoms with Crippen molar-refractivity contribution in [1.29, 1.82) is 0 Å². The zero-order valence-electron chi connectivity index (χ0n) is 17.7. The minimum Gasteiger partial charge on any atom is -0.478 e. The molecule has 0 aromatic heterocycles. The van der Waals surface area contributed by atoms with Gasteiger partial charge in [0.15, 0.2) is 9.84 Å². The van der Waals surface area contributed by atoms with Crippen LogP contribution in [-0.4, -0.2) is 53.4 Å². The van der Waals surface area contributed by atoms with E-state index >= 15 is 0 Å². The van der Waals surface area contributed by atoms with Crippen molar-refractivity contribution in [3.63, 3.8) is 0 Å². The average molecular weight is 485 g/mol. The van der Waals surface area contributed by atoms with Gasteiger partial charge in [0.1, 0.15) is 6.17 Å². The maximum absolute atomic E-state index is 14.0. The molecule has 1 heterocycles. The number of sulfonamides is 1. The fourth-order valence-electron chi connectivity index (χ4n) is 3.68. The summed E-state index contributed by atoms with van der Waals surface area (Å²) in [4.78, 5) is 12.7. The second-order valence-electron chi connectivity index (χ2n) is 7.72. The van der Waals surface area contributed by atoms with Crippen molar-refractivity contribution in [2.45, 2.75) is 42.1 Å². The molecule has 174 valence electrons. The second-order valence-corrected chi connectivity index (χ2v) is 11.4. The maximum Gasteiger partial charge on any atom is 0.335 e. The number of carbonyl (C=O) groups is 1. The number of carboxylic acid groups (broad SMARTS) is 1. The topological polar surface area (TPSA) is 121 Å². The number of hydrogen-bond donors (Lipinski definition) is 2.